The molecule has 0 saturated carbocycles. The first-order chi connectivity index (χ1) is 6.81. The van der Waals surface area contributed by atoms with Crippen LogP contribution in [0.5, 0.6) is 0 Å². The first-order valence-electron chi connectivity index (χ1n) is 3.99. The van der Waals surface area contributed by atoms with Crippen LogP contribution in [0.3, 0.4) is 0 Å². The van der Waals surface area contributed by atoms with Gasteiger partial charge in [-0.25, -0.2) is 0 Å². The van der Waals surface area contributed by atoms with E-state index < -0.39 is 0 Å². The lowest BCUT2D eigenvalue weighted by Gasteiger charge is -2.17. The molecule has 4 heteroatoms. The average molecular weight is 202 g/mol. The van der Waals surface area contributed by atoms with Gasteiger partial charge in [0.25, 0.3) is 5.91 Å². The monoisotopic (exact) mass is 202 g/mol. The van der Waals surface area contributed by atoms with Crippen molar-refractivity contribution in [2.75, 3.05) is 0 Å². The molecule has 2 rings (SSSR count). The maximum absolute atomic E-state index is 11.5. The fraction of sp³-hybridized carbons (Fsp3) is 0. The van der Waals surface area contributed by atoms with E-state index in [0.29, 0.717) is 10.6 Å². The summed E-state index contributed by atoms with van der Waals surface area (Å²) in [6.45, 7) is 0. The molecule has 0 saturated heterocycles. The van der Waals surface area contributed by atoms with E-state index in [9.17, 15) is 4.79 Å². The first-order valence-corrected chi connectivity index (χ1v) is 4.81. The Morgan fingerprint density at radius 2 is 2.21 bits per heavy atom. The highest BCUT2D eigenvalue weighted by atomic mass is 32.2. The van der Waals surface area contributed by atoms with Gasteiger partial charge in [0.2, 0.25) is 0 Å². The van der Waals surface area contributed by atoms with Crippen molar-refractivity contribution in [2.24, 2.45) is 0 Å². The number of amides is 1. The Kier molecular flexibility index (Phi) is 2.25. The van der Waals surface area contributed by atoms with Crippen molar-refractivity contribution < 1.29 is 4.79 Å². The van der Waals surface area contributed by atoms with Crippen LogP contribution in [0.2, 0.25) is 0 Å². The van der Waals surface area contributed by atoms with Crippen molar-refractivity contribution in [1.82, 2.24) is 5.32 Å². The highest BCUT2D eigenvalue weighted by Crippen LogP contribution is 2.31. The van der Waals surface area contributed by atoms with E-state index in [1.54, 1.807) is 6.07 Å². The molecule has 0 spiro atoms. The van der Waals surface area contributed by atoms with Gasteiger partial charge in [-0.2, -0.15) is 5.26 Å². The van der Waals surface area contributed by atoms with Crippen LogP contribution in [-0.2, 0) is 0 Å². The van der Waals surface area contributed by atoms with Crippen molar-refractivity contribution >= 4 is 17.7 Å². The molecular formula is C10H6N2OS. The SMILES string of the molecule is N#CC=C1NC(=O)c2ccccc2S1. The Bertz CT molecular complexity index is 459. The summed E-state index contributed by atoms with van der Waals surface area (Å²) in [5.74, 6) is -0.152. The second kappa shape index (κ2) is 3.56. The summed E-state index contributed by atoms with van der Waals surface area (Å²) in [5.41, 5.74) is 0.660. The van der Waals surface area contributed by atoms with Crippen LogP contribution >= 0.6 is 11.8 Å². The van der Waals surface area contributed by atoms with Gasteiger partial charge < -0.3 is 5.32 Å². The highest BCUT2D eigenvalue weighted by Gasteiger charge is 2.19. The number of nitrogens with zero attached hydrogens (tertiary/aromatic N) is 1. The van der Waals surface area contributed by atoms with Gasteiger partial charge in [0.1, 0.15) is 0 Å². The lowest BCUT2D eigenvalue weighted by atomic mass is 10.2. The molecule has 0 fully saturated rings. The van der Waals surface area contributed by atoms with Gasteiger partial charge >= 0.3 is 0 Å². The van der Waals surface area contributed by atoms with Gasteiger partial charge in [0, 0.05) is 11.0 Å². The Hall–Kier alpha value is -1.73. The molecule has 1 aromatic rings. The van der Waals surface area contributed by atoms with E-state index in [2.05, 4.69) is 5.32 Å². The van der Waals surface area contributed by atoms with Crippen LogP contribution in [0.1, 0.15) is 10.4 Å². The zero-order valence-electron chi connectivity index (χ0n) is 7.15. The third-order valence-corrected chi connectivity index (χ3v) is 2.80. The number of thioether (sulfide) groups is 1. The fourth-order valence-corrected chi connectivity index (χ4v) is 2.10. The number of benzene rings is 1. The molecule has 1 aliphatic rings. The standard InChI is InChI=1S/C10H6N2OS/c11-6-5-9-12-10(13)7-3-1-2-4-8(7)14-9/h1-5H,(H,12,13). The van der Waals surface area contributed by atoms with Crippen LogP contribution in [0.25, 0.3) is 0 Å². The molecule has 0 bridgehead atoms. The number of hydrogen-bond donors (Lipinski definition) is 1. The maximum atomic E-state index is 11.5. The van der Waals surface area contributed by atoms with Gasteiger partial charge in [-0.15, -0.1) is 0 Å². The first kappa shape index (κ1) is 8.85. The van der Waals surface area contributed by atoms with Gasteiger partial charge in [-0.1, -0.05) is 23.9 Å². The number of carbonyl (C=O) groups excluding carboxylic acids is 1. The maximum Gasteiger partial charge on any atom is 0.257 e. The van der Waals surface area contributed by atoms with Crippen LogP contribution in [0, 0.1) is 11.3 Å². The quantitative estimate of drug-likeness (QED) is 0.653. The van der Waals surface area contributed by atoms with Gasteiger partial charge in [-0.05, 0) is 12.1 Å². The summed E-state index contributed by atoms with van der Waals surface area (Å²) in [5, 5.41) is 11.7. The Balaban J connectivity index is 2.44. The minimum Gasteiger partial charge on any atom is -0.316 e. The fourth-order valence-electron chi connectivity index (χ4n) is 1.19. The van der Waals surface area contributed by atoms with Gasteiger partial charge in [-0.3, -0.25) is 4.79 Å². The molecule has 1 N–H and O–H groups in total. The molecule has 3 nitrogen and oxygen atoms in total. The molecule has 1 heterocycles. The van der Waals surface area contributed by atoms with E-state index in [0.717, 1.165) is 4.90 Å². The summed E-state index contributed by atoms with van der Waals surface area (Å²) in [6, 6.07) is 9.21. The number of nitrogens with one attached hydrogen (secondary N) is 1. The predicted octanol–water partition coefficient (Wildman–Crippen LogP) is 1.89. The molecule has 68 valence electrons. The molecule has 14 heavy (non-hydrogen) atoms. The zero-order chi connectivity index (χ0) is 9.97. The van der Waals surface area contributed by atoms with Gasteiger partial charge in [0.05, 0.1) is 16.7 Å². The van der Waals surface area contributed by atoms with Crippen molar-refractivity contribution in [1.29, 1.82) is 5.26 Å². The second-order valence-corrected chi connectivity index (χ2v) is 3.77. The minimum absolute atomic E-state index is 0.152. The second-order valence-electron chi connectivity index (χ2n) is 2.69. The molecule has 1 aromatic carbocycles. The van der Waals surface area contributed by atoms with Crippen molar-refractivity contribution in [3.05, 3.63) is 40.9 Å². The third-order valence-electron chi connectivity index (χ3n) is 1.78. The third kappa shape index (κ3) is 1.50. The molecule has 0 unspecified atom stereocenters. The van der Waals surface area contributed by atoms with Crippen LogP contribution < -0.4 is 5.32 Å². The van der Waals surface area contributed by atoms with E-state index in [-0.39, 0.29) is 5.91 Å². The summed E-state index contributed by atoms with van der Waals surface area (Å²) in [6.07, 6.45) is 1.33. The molecular weight excluding hydrogens is 196 g/mol. The number of carbonyl (C=O) groups is 1. The molecule has 1 aliphatic heterocycles. The highest BCUT2D eigenvalue weighted by molar-refractivity contribution is 8.03. The van der Waals surface area contributed by atoms with Crippen molar-refractivity contribution in [2.45, 2.75) is 4.90 Å². The zero-order valence-corrected chi connectivity index (χ0v) is 7.97. The largest absolute Gasteiger partial charge is 0.316 e. The van der Waals surface area contributed by atoms with Gasteiger partial charge in [0.15, 0.2) is 0 Å². The number of hydrogen-bond acceptors (Lipinski definition) is 3. The number of allylic oxidation sites excluding steroid dienone is 1. The van der Waals surface area contributed by atoms with E-state index in [4.69, 9.17) is 5.26 Å². The number of rotatable bonds is 0. The summed E-state index contributed by atoms with van der Waals surface area (Å²) >= 11 is 1.39. The van der Waals surface area contributed by atoms with E-state index >= 15 is 0 Å². The van der Waals surface area contributed by atoms with Crippen LogP contribution in [-0.4, -0.2) is 5.91 Å². The predicted molar refractivity (Wildman–Crippen MR) is 53.5 cm³/mol. The summed E-state index contributed by atoms with van der Waals surface area (Å²) in [4.78, 5) is 12.4. The van der Waals surface area contributed by atoms with Crippen molar-refractivity contribution in [3.63, 3.8) is 0 Å². The van der Waals surface area contributed by atoms with Crippen LogP contribution in [0.4, 0.5) is 0 Å². The molecule has 0 radical (unpaired) electrons. The average Bonchev–Trinajstić information content (AvgIpc) is 2.18. The Morgan fingerprint density at radius 3 is 3.00 bits per heavy atom. The number of fused-ring (bicyclic) bond motifs is 1. The van der Waals surface area contributed by atoms with Crippen molar-refractivity contribution in [3.8, 4) is 6.07 Å². The smallest absolute Gasteiger partial charge is 0.257 e. The van der Waals surface area contributed by atoms with E-state index in [1.165, 1.54) is 17.8 Å². The topological polar surface area (TPSA) is 52.9 Å². The number of nitriles is 1. The normalized spacial score (nSPS) is 17.1. The lowest BCUT2D eigenvalue weighted by Crippen LogP contribution is -2.25. The molecule has 0 aliphatic carbocycles. The van der Waals surface area contributed by atoms with E-state index in [1.807, 2.05) is 24.3 Å². The molecule has 1 amide bonds. The lowest BCUT2D eigenvalue weighted by molar-refractivity contribution is 0.0964. The molecule has 0 atom stereocenters. The minimum atomic E-state index is -0.152. The molecule has 0 aromatic heterocycles. The Morgan fingerprint density at radius 1 is 1.43 bits per heavy atom. The summed E-state index contributed by atoms with van der Waals surface area (Å²) in [7, 11) is 0. The van der Waals surface area contributed by atoms with Crippen LogP contribution in [0.15, 0.2) is 40.3 Å². The Labute approximate surface area is 85.4 Å². The summed E-state index contributed by atoms with van der Waals surface area (Å²) < 4.78 is 0.